The van der Waals surface area contributed by atoms with Crippen LogP contribution in [0.3, 0.4) is 0 Å². The number of nitrogens with one attached hydrogen (secondary N) is 1. The molecule has 0 spiro atoms. The normalized spacial score (nSPS) is 18.9. The quantitative estimate of drug-likeness (QED) is 0.859. The maximum atomic E-state index is 5.82. The zero-order valence-corrected chi connectivity index (χ0v) is 14.1. The number of rotatable bonds is 6. The minimum atomic E-state index is 0.301. The molecule has 2 rings (SSSR count). The van der Waals surface area contributed by atoms with Crippen LogP contribution in [0.25, 0.3) is 0 Å². The fourth-order valence-corrected chi connectivity index (χ4v) is 3.04. The largest absolute Gasteiger partial charge is 0.492 e. The van der Waals surface area contributed by atoms with Crippen molar-refractivity contribution in [1.29, 1.82) is 0 Å². The third kappa shape index (κ3) is 4.21. The summed E-state index contributed by atoms with van der Waals surface area (Å²) in [6.07, 6.45) is 2.38. The lowest BCUT2D eigenvalue weighted by molar-refractivity contribution is 0.108. The van der Waals surface area contributed by atoms with Gasteiger partial charge in [-0.3, -0.25) is 4.90 Å². The van der Waals surface area contributed by atoms with Crippen molar-refractivity contribution in [2.24, 2.45) is 0 Å². The second-order valence-corrected chi connectivity index (χ2v) is 6.41. The van der Waals surface area contributed by atoms with Crippen LogP contribution in [0.1, 0.15) is 26.7 Å². The molecule has 1 heterocycles. The standard InChI is InChI=1S/C16H25BrN2O/c1-3-16(4-2)13-19(10-9-18-16)11-12-20-15-7-5-14(17)6-8-15/h5-8,18H,3-4,9-13H2,1-2H3. The number of ether oxygens (including phenoxy) is 1. The van der Waals surface area contributed by atoms with Crippen LogP contribution in [-0.2, 0) is 0 Å². The summed E-state index contributed by atoms with van der Waals surface area (Å²) in [5.41, 5.74) is 0.301. The van der Waals surface area contributed by atoms with E-state index in [0.717, 1.165) is 43.0 Å². The molecule has 0 aliphatic carbocycles. The Hall–Kier alpha value is -0.580. The third-order valence-corrected chi connectivity index (χ3v) is 4.83. The number of hydrogen-bond donors (Lipinski definition) is 1. The van der Waals surface area contributed by atoms with Gasteiger partial charge in [-0.25, -0.2) is 0 Å². The molecule has 0 saturated carbocycles. The Morgan fingerprint density at radius 1 is 1.25 bits per heavy atom. The molecule has 112 valence electrons. The molecule has 0 bridgehead atoms. The predicted molar refractivity (Wildman–Crippen MR) is 87.4 cm³/mol. The molecule has 1 saturated heterocycles. The fourth-order valence-electron chi connectivity index (χ4n) is 2.78. The second kappa shape index (κ2) is 7.43. The summed E-state index contributed by atoms with van der Waals surface area (Å²) >= 11 is 3.43. The number of hydrogen-bond acceptors (Lipinski definition) is 3. The lowest BCUT2D eigenvalue weighted by Gasteiger charge is -2.43. The van der Waals surface area contributed by atoms with Crippen LogP contribution < -0.4 is 10.1 Å². The average Bonchev–Trinajstić information content (AvgIpc) is 2.49. The van der Waals surface area contributed by atoms with Crippen molar-refractivity contribution in [3.63, 3.8) is 0 Å². The van der Waals surface area contributed by atoms with Crippen molar-refractivity contribution in [3.8, 4) is 5.75 Å². The monoisotopic (exact) mass is 340 g/mol. The molecule has 1 aliphatic heterocycles. The van der Waals surface area contributed by atoms with E-state index in [0.29, 0.717) is 5.54 Å². The third-order valence-electron chi connectivity index (χ3n) is 4.30. The van der Waals surface area contributed by atoms with Crippen molar-refractivity contribution >= 4 is 15.9 Å². The van der Waals surface area contributed by atoms with Gasteiger partial charge in [-0.2, -0.15) is 0 Å². The molecule has 0 aromatic heterocycles. The van der Waals surface area contributed by atoms with E-state index in [2.05, 4.69) is 40.0 Å². The van der Waals surface area contributed by atoms with Crippen LogP contribution in [0, 0.1) is 0 Å². The van der Waals surface area contributed by atoms with E-state index in [4.69, 9.17) is 4.74 Å². The smallest absolute Gasteiger partial charge is 0.119 e. The molecule has 3 nitrogen and oxygen atoms in total. The van der Waals surface area contributed by atoms with Crippen LogP contribution in [0.5, 0.6) is 5.75 Å². The lowest BCUT2D eigenvalue weighted by Crippen LogP contribution is -2.60. The van der Waals surface area contributed by atoms with E-state index in [-0.39, 0.29) is 0 Å². The summed E-state index contributed by atoms with van der Waals surface area (Å²) < 4.78 is 6.90. The lowest BCUT2D eigenvalue weighted by atomic mass is 9.90. The first-order valence-electron chi connectivity index (χ1n) is 7.53. The molecule has 1 aliphatic rings. The van der Waals surface area contributed by atoms with Gasteiger partial charge in [-0.1, -0.05) is 29.8 Å². The van der Waals surface area contributed by atoms with Crippen LogP contribution in [0.2, 0.25) is 0 Å². The van der Waals surface area contributed by atoms with E-state index < -0.39 is 0 Å². The van der Waals surface area contributed by atoms with Crippen molar-refractivity contribution in [3.05, 3.63) is 28.7 Å². The Labute approximate surface area is 130 Å². The highest BCUT2D eigenvalue weighted by molar-refractivity contribution is 9.10. The molecule has 4 heteroatoms. The maximum Gasteiger partial charge on any atom is 0.119 e. The second-order valence-electron chi connectivity index (χ2n) is 5.49. The van der Waals surface area contributed by atoms with E-state index >= 15 is 0 Å². The first-order valence-corrected chi connectivity index (χ1v) is 8.32. The van der Waals surface area contributed by atoms with E-state index in [1.165, 1.54) is 12.8 Å². The van der Waals surface area contributed by atoms with Gasteiger partial charge in [-0.05, 0) is 37.1 Å². The SMILES string of the molecule is CCC1(CC)CN(CCOc2ccc(Br)cc2)CCN1. The van der Waals surface area contributed by atoms with E-state index in [9.17, 15) is 0 Å². The van der Waals surface area contributed by atoms with Gasteiger partial charge < -0.3 is 10.1 Å². The van der Waals surface area contributed by atoms with Gasteiger partial charge in [0.05, 0.1) is 0 Å². The molecular formula is C16H25BrN2O. The Kier molecular flexibility index (Phi) is 5.87. The molecular weight excluding hydrogens is 316 g/mol. The predicted octanol–water partition coefficient (Wildman–Crippen LogP) is 3.29. The molecule has 1 aromatic rings. The summed E-state index contributed by atoms with van der Waals surface area (Å²) in [6.45, 7) is 9.64. The van der Waals surface area contributed by atoms with E-state index in [1.54, 1.807) is 0 Å². The minimum absolute atomic E-state index is 0.301. The molecule has 0 radical (unpaired) electrons. The summed E-state index contributed by atoms with van der Waals surface area (Å²) in [5.74, 6) is 0.945. The van der Waals surface area contributed by atoms with Crippen molar-refractivity contribution in [2.45, 2.75) is 32.2 Å². The zero-order chi connectivity index (χ0) is 14.4. The van der Waals surface area contributed by atoms with Crippen molar-refractivity contribution in [2.75, 3.05) is 32.8 Å². The molecule has 0 unspecified atom stereocenters. The number of piperazine rings is 1. The van der Waals surface area contributed by atoms with Gasteiger partial charge in [-0.15, -0.1) is 0 Å². The fraction of sp³-hybridized carbons (Fsp3) is 0.625. The molecule has 20 heavy (non-hydrogen) atoms. The van der Waals surface area contributed by atoms with Crippen LogP contribution in [-0.4, -0.2) is 43.2 Å². The van der Waals surface area contributed by atoms with Crippen molar-refractivity contribution < 1.29 is 4.74 Å². The van der Waals surface area contributed by atoms with Crippen LogP contribution in [0.15, 0.2) is 28.7 Å². The van der Waals surface area contributed by atoms with Gasteiger partial charge in [0.2, 0.25) is 0 Å². The molecule has 1 fully saturated rings. The minimum Gasteiger partial charge on any atom is -0.492 e. The Morgan fingerprint density at radius 3 is 2.60 bits per heavy atom. The van der Waals surface area contributed by atoms with Gasteiger partial charge in [0.15, 0.2) is 0 Å². The van der Waals surface area contributed by atoms with Crippen LogP contribution in [0.4, 0.5) is 0 Å². The van der Waals surface area contributed by atoms with Gasteiger partial charge >= 0.3 is 0 Å². The topological polar surface area (TPSA) is 24.5 Å². The Bertz CT molecular complexity index is 403. The van der Waals surface area contributed by atoms with Gasteiger partial charge in [0.1, 0.15) is 12.4 Å². The Balaban J connectivity index is 1.77. The number of benzene rings is 1. The number of halogens is 1. The molecule has 1 N–H and O–H groups in total. The van der Waals surface area contributed by atoms with Crippen LogP contribution >= 0.6 is 15.9 Å². The first-order chi connectivity index (χ1) is 9.67. The number of nitrogens with zero attached hydrogens (tertiary/aromatic N) is 1. The first kappa shape index (κ1) is 15.8. The van der Waals surface area contributed by atoms with Gasteiger partial charge in [0.25, 0.3) is 0 Å². The highest BCUT2D eigenvalue weighted by atomic mass is 79.9. The molecule has 0 amide bonds. The highest BCUT2D eigenvalue weighted by Crippen LogP contribution is 2.20. The summed E-state index contributed by atoms with van der Waals surface area (Å²) in [5, 5.41) is 3.69. The summed E-state index contributed by atoms with van der Waals surface area (Å²) in [7, 11) is 0. The maximum absolute atomic E-state index is 5.82. The Morgan fingerprint density at radius 2 is 1.95 bits per heavy atom. The zero-order valence-electron chi connectivity index (χ0n) is 12.5. The van der Waals surface area contributed by atoms with Gasteiger partial charge in [0, 0.05) is 36.2 Å². The molecule has 0 atom stereocenters. The molecule has 1 aromatic carbocycles. The summed E-state index contributed by atoms with van der Waals surface area (Å²) in [4.78, 5) is 2.52. The highest BCUT2D eigenvalue weighted by Gasteiger charge is 2.31. The van der Waals surface area contributed by atoms with E-state index in [1.807, 2.05) is 24.3 Å². The summed E-state index contributed by atoms with van der Waals surface area (Å²) in [6, 6.07) is 8.03. The van der Waals surface area contributed by atoms with Crippen molar-refractivity contribution in [1.82, 2.24) is 10.2 Å². The average molecular weight is 341 g/mol.